The van der Waals surface area contributed by atoms with Gasteiger partial charge in [-0.2, -0.15) is 0 Å². The molecule has 0 saturated carbocycles. The summed E-state index contributed by atoms with van der Waals surface area (Å²) in [4.78, 5) is 4.43. The fourth-order valence-corrected chi connectivity index (χ4v) is 3.16. The normalized spacial score (nSPS) is 12.4. The molecule has 0 saturated heterocycles. The van der Waals surface area contributed by atoms with Crippen LogP contribution in [0, 0.1) is 13.8 Å². The monoisotopic (exact) mass is 354 g/mol. The molecule has 3 heteroatoms. The van der Waals surface area contributed by atoms with E-state index in [1.165, 1.54) is 16.7 Å². The van der Waals surface area contributed by atoms with Crippen molar-refractivity contribution in [2.24, 2.45) is 0 Å². The first-order valence-corrected chi connectivity index (χ1v) is 8.22. The molecule has 1 aromatic heterocycles. The van der Waals surface area contributed by atoms with E-state index in [4.69, 9.17) is 0 Å². The number of nitrogens with one attached hydrogen (secondary N) is 1. The van der Waals surface area contributed by atoms with Crippen LogP contribution in [0.2, 0.25) is 0 Å². The van der Waals surface area contributed by atoms with Crippen LogP contribution in [-0.4, -0.2) is 4.98 Å². The van der Waals surface area contributed by atoms with Crippen LogP contribution in [-0.2, 0) is 0 Å². The molecule has 0 aliphatic carbocycles. The Morgan fingerprint density at radius 1 is 1.09 bits per heavy atom. The molecule has 0 amide bonds. The molecule has 0 radical (unpaired) electrons. The molecule has 112 valence electrons. The minimum Gasteiger partial charge on any atom is -0.378 e. The molecule has 0 unspecified atom stereocenters. The molecule has 1 heterocycles. The second-order valence-corrected chi connectivity index (χ2v) is 6.59. The zero-order valence-electron chi connectivity index (χ0n) is 13.0. The topological polar surface area (TPSA) is 24.9 Å². The highest BCUT2D eigenvalue weighted by Crippen LogP contribution is 2.29. The van der Waals surface area contributed by atoms with Gasteiger partial charge in [0.2, 0.25) is 0 Å². The minimum absolute atomic E-state index is 0.240. The Kier molecular flexibility index (Phi) is 4.16. The van der Waals surface area contributed by atoms with Gasteiger partial charge in [0.1, 0.15) is 0 Å². The Hall–Kier alpha value is -1.87. The maximum Gasteiger partial charge on any atom is 0.0723 e. The molecule has 3 rings (SSSR count). The van der Waals surface area contributed by atoms with E-state index in [2.05, 4.69) is 71.3 Å². The van der Waals surface area contributed by atoms with Gasteiger partial charge in [0.25, 0.3) is 0 Å². The van der Waals surface area contributed by atoms with E-state index in [0.29, 0.717) is 0 Å². The van der Waals surface area contributed by atoms with Crippen LogP contribution < -0.4 is 5.32 Å². The Balaban J connectivity index is 1.99. The van der Waals surface area contributed by atoms with Crippen molar-refractivity contribution < 1.29 is 0 Å². The number of aromatic nitrogens is 1. The molecule has 1 N–H and O–H groups in total. The number of benzene rings is 2. The molecule has 0 aliphatic rings. The van der Waals surface area contributed by atoms with Gasteiger partial charge in [-0.1, -0.05) is 34.1 Å². The third-order valence-electron chi connectivity index (χ3n) is 4.19. The molecule has 0 fully saturated rings. The van der Waals surface area contributed by atoms with Crippen LogP contribution in [0.4, 0.5) is 5.69 Å². The van der Waals surface area contributed by atoms with Gasteiger partial charge < -0.3 is 5.32 Å². The highest BCUT2D eigenvalue weighted by molar-refractivity contribution is 9.10. The highest BCUT2D eigenvalue weighted by atomic mass is 79.9. The number of pyridine rings is 1. The number of hydrogen-bond acceptors (Lipinski definition) is 2. The standard InChI is InChI=1S/C19H19BrN2/c1-12-5-4-6-16(13(12)2)14(3)22-19-9-10-21-18-8-7-15(20)11-17(18)19/h4-11,14H,1-3H3,(H,21,22)/t14-/m1/s1. The van der Waals surface area contributed by atoms with E-state index in [0.717, 1.165) is 21.1 Å². The fraction of sp³-hybridized carbons (Fsp3) is 0.211. The smallest absolute Gasteiger partial charge is 0.0723 e. The molecule has 0 bridgehead atoms. The number of aryl methyl sites for hydroxylation is 1. The van der Waals surface area contributed by atoms with E-state index in [1.54, 1.807) is 0 Å². The molecular formula is C19H19BrN2. The van der Waals surface area contributed by atoms with Gasteiger partial charge in [-0.3, -0.25) is 4.98 Å². The van der Waals surface area contributed by atoms with Crippen LogP contribution in [0.25, 0.3) is 10.9 Å². The summed E-state index contributed by atoms with van der Waals surface area (Å²) in [7, 11) is 0. The van der Waals surface area contributed by atoms with Gasteiger partial charge in [0.05, 0.1) is 5.52 Å². The van der Waals surface area contributed by atoms with Gasteiger partial charge in [-0.25, -0.2) is 0 Å². The summed E-state index contributed by atoms with van der Waals surface area (Å²) in [6, 6.07) is 14.9. The van der Waals surface area contributed by atoms with E-state index < -0.39 is 0 Å². The maximum atomic E-state index is 4.43. The van der Waals surface area contributed by atoms with Crippen molar-refractivity contribution in [2.75, 3.05) is 5.32 Å². The Morgan fingerprint density at radius 3 is 2.73 bits per heavy atom. The number of fused-ring (bicyclic) bond motifs is 1. The zero-order valence-corrected chi connectivity index (χ0v) is 14.6. The summed E-state index contributed by atoms with van der Waals surface area (Å²) in [6.45, 7) is 6.54. The first-order valence-electron chi connectivity index (χ1n) is 7.43. The van der Waals surface area contributed by atoms with E-state index in [1.807, 2.05) is 24.4 Å². The third-order valence-corrected chi connectivity index (χ3v) is 4.68. The van der Waals surface area contributed by atoms with E-state index in [9.17, 15) is 0 Å². The largest absolute Gasteiger partial charge is 0.378 e. The minimum atomic E-state index is 0.240. The van der Waals surface area contributed by atoms with Crippen LogP contribution in [0.3, 0.4) is 0 Å². The van der Waals surface area contributed by atoms with Crippen molar-refractivity contribution >= 4 is 32.5 Å². The number of anilines is 1. The summed E-state index contributed by atoms with van der Waals surface area (Å²) in [5.41, 5.74) is 6.12. The van der Waals surface area contributed by atoms with Crippen LogP contribution in [0.15, 0.2) is 53.1 Å². The van der Waals surface area contributed by atoms with Crippen molar-refractivity contribution in [2.45, 2.75) is 26.8 Å². The van der Waals surface area contributed by atoms with Crippen LogP contribution in [0.1, 0.15) is 29.7 Å². The van der Waals surface area contributed by atoms with E-state index in [-0.39, 0.29) is 6.04 Å². The van der Waals surface area contributed by atoms with E-state index >= 15 is 0 Å². The zero-order chi connectivity index (χ0) is 15.7. The molecule has 22 heavy (non-hydrogen) atoms. The van der Waals surface area contributed by atoms with Crippen molar-refractivity contribution in [1.29, 1.82) is 0 Å². The number of hydrogen-bond donors (Lipinski definition) is 1. The Labute approximate surface area is 139 Å². The second kappa shape index (κ2) is 6.09. The van der Waals surface area contributed by atoms with Crippen LogP contribution >= 0.6 is 15.9 Å². The van der Waals surface area contributed by atoms with Gasteiger partial charge in [0.15, 0.2) is 0 Å². The van der Waals surface area contributed by atoms with Crippen molar-refractivity contribution in [3.63, 3.8) is 0 Å². The molecular weight excluding hydrogens is 336 g/mol. The highest BCUT2D eigenvalue weighted by Gasteiger charge is 2.11. The maximum absolute atomic E-state index is 4.43. The third kappa shape index (κ3) is 2.86. The van der Waals surface area contributed by atoms with Crippen molar-refractivity contribution in [1.82, 2.24) is 4.98 Å². The van der Waals surface area contributed by atoms with Gasteiger partial charge in [-0.05, 0) is 61.7 Å². The van der Waals surface area contributed by atoms with Crippen LogP contribution in [0.5, 0.6) is 0 Å². The summed E-state index contributed by atoms with van der Waals surface area (Å²) >= 11 is 3.54. The number of rotatable bonds is 3. The number of halogens is 1. The lowest BCUT2D eigenvalue weighted by Gasteiger charge is -2.20. The summed E-state index contributed by atoms with van der Waals surface area (Å²) in [6.07, 6.45) is 1.86. The van der Waals surface area contributed by atoms with Gasteiger partial charge in [-0.15, -0.1) is 0 Å². The predicted molar refractivity (Wildman–Crippen MR) is 97.4 cm³/mol. The summed E-state index contributed by atoms with van der Waals surface area (Å²) < 4.78 is 1.07. The predicted octanol–water partition coefficient (Wildman–Crippen LogP) is 5.79. The first-order chi connectivity index (χ1) is 10.6. The van der Waals surface area contributed by atoms with Crippen molar-refractivity contribution in [3.8, 4) is 0 Å². The SMILES string of the molecule is Cc1cccc([C@@H](C)Nc2ccnc3ccc(Br)cc23)c1C. The Bertz CT molecular complexity index is 827. The average Bonchev–Trinajstić information content (AvgIpc) is 2.50. The quantitative estimate of drug-likeness (QED) is 0.643. The van der Waals surface area contributed by atoms with Crippen molar-refractivity contribution in [3.05, 3.63) is 69.8 Å². The lowest BCUT2D eigenvalue weighted by Crippen LogP contribution is -2.09. The molecule has 3 aromatic rings. The lowest BCUT2D eigenvalue weighted by molar-refractivity contribution is 0.872. The molecule has 1 atom stereocenters. The van der Waals surface area contributed by atoms with Gasteiger partial charge in [0, 0.05) is 27.8 Å². The molecule has 0 aliphatic heterocycles. The average molecular weight is 355 g/mol. The Morgan fingerprint density at radius 2 is 1.91 bits per heavy atom. The second-order valence-electron chi connectivity index (χ2n) is 5.68. The first kappa shape index (κ1) is 15.0. The number of nitrogens with zero attached hydrogens (tertiary/aromatic N) is 1. The van der Waals surface area contributed by atoms with Gasteiger partial charge >= 0.3 is 0 Å². The molecule has 2 aromatic carbocycles. The fourth-order valence-electron chi connectivity index (χ4n) is 2.80. The molecule has 0 spiro atoms. The summed E-state index contributed by atoms with van der Waals surface area (Å²) in [5.74, 6) is 0. The summed E-state index contributed by atoms with van der Waals surface area (Å²) in [5, 5.41) is 4.77. The molecule has 2 nitrogen and oxygen atoms in total. The lowest BCUT2D eigenvalue weighted by atomic mass is 9.98.